The molecule has 0 amide bonds. The molecule has 0 aliphatic carbocycles. The van der Waals surface area contributed by atoms with Crippen molar-refractivity contribution in [3.8, 4) is 0 Å². The normalized spacial score (nSPS) is 15.4. The summed E-state index contributed by atoms with van der Waals surface area (Å²) in [7, 11) is 0. The molecule has 0 spiro atoms. The van der Waals surface area contributed by atoms with Gasteiger partial charge in [-0.05, 0) is 97.4 Å². The van der Waals surface area contributed by atoms with Crippen LogP contribution in [-0.4, -0.2) is 73.6 Å². The van der Waals surface area contributed by atoms with Crippen LogP contribution in [0.25, 0.3) is 0 Å². The third-order valence-corrected chi connectivity index (χ3v) is 11.3. The molecule has 0 radical (unpaired) electrons. The lowest BCUT2D eigenvalue weighted by Crippen LogP contribution is -2.37. The van der Waals surface area contributed by atoms with Crippen LogP contribution in [0.3, 0.4) is 0 Å². The molecule has 1 aliphatic heterocycles. The lowest BCUT2D eigenvalue weighted by molar-refractivity contribution is 0.177. The number of unbranched alkanes of at least 4 members (excludes halogenated alkanes) is 27. The minimum atomic E-state index is 0. The van der Waals surface area contributed by atoms with E-state index in [0.717, 1.165) is 0 Å². The predicted octanol–water partition coefficient (Wildman–Crippen LogP) is 15.1. The second kappa shape index (κ2) is 46.9. The van der Waals surface area contributed by atoms with Crippen LogP contribution in [-0.2, 0) is 0 Å². The number of nitrogens with zero attached hydrogens (tertiary/aromatic N) is 3. The van der Waals surface area contributed by atoms with Crippen LogP contribution in [0.1, 0.15) is 233 Å². The van der Waals surface area contributed by atoms with Gasteiger partial charge in [0.2, 0.25) is 0 Å². The van der Waals surface area contributed by atoms with Crippen LogP contribution in [0.4, 0.5) is 0 Å². The fourth-order valence-corrected chi connectivity index (χ4v) is 8.03. The van der Waals surface area contributed by atoms with Crippen LogP contribution in [0, 0.1) is 0 Å². The molecule has 0 atom stereocenters. The van der Waals surface area contributed by atoms with Crippen molar-refractivity contribution in [3.05, 3.63) is 0 Å². The van der Waals surface area contributed by atoms with E-state index in [1.807, 2.05) is 0 Å². The SMILES string of the molecule is CCCCCCCCCCCCN1CCCN(CCCCCCCCCCCC)CCCN(CCCCCCCCCCCC)CCC1.Cl.Cl.Cl. The first kappa shape index (κ1) is 56.1. The van der Waals surface area contributed by atoms with Crippen LogP contribution in [0.15, 0.2) is 0 Å². The molecule has 0 saturated carbocycles. The molecule has 0 aromatic rings. The molecule has 0 aromatic carbocycles. The molecule has 3 nitrogen and oxygen atoms in total. The average molecular weight is 786 g/mol. The summed E-state index contributed by atoms with van der Waals surface area (Å²) in [4.78, 5) is 8.59. The standard InChI is InChI=1S/C45H93N3.3ClH/c1-4-7-10-13-16-19-22-25-28-31-37-46-40-34-42-47(38-32-29-26-23-20-17-14-11-8-5-2)44-36-45-48(43-35-41-46)39-33-30-27-24-21-18-15-12-9-6-3;;;/h4-45H2,1-3H3;3*1H. The van der Waals surface area contributed by atoms with Crippen molar-refractivity contribution in [1.82, 2.24) is 14.7 Å². The smallest absolute Gasteiger partial charge is 0.000654 e. The van der Waals surface area contributed by atoms with Crippen LogP contribution in [0.5, 0.6) is 0 Å². The molecule has 1 saturated heterocycles. The molecule has 1 heterocycles. The van der Waals surface area contributed by atoms with Gasteiger partial charge >= 0.3 is 0 Å². The third kappa shape index (κ3) is 40.2. The maximum atomic E-state index is 2.86. The number of rotatable bonds is 33. The van der Waals surface area contributed by atoms with Crippen molar-refractivity contribution in [3.63, 3.8) is 0 Å². The van der Waals surface area contributed by atoms with Crippen molar-refractivity contribution in [2.24, 2.45) is 0 Å². The summed E-state index contributed by atoms with van der Waals surface area (Å²) in [6.45, 7) is 18.9. The minimum Gasteiger partial charge on any atom is -0.303 e. The molecule has 0 unspecified atom stereocenters. The maximum Gasteiger partial charge on any atom is -0.000654 e. The highest BCUT2D eigenvalue weighted by atomic mass is 35.5. The highest BCUT2D eigenvalue weighted by molar-refractivity contribution is 5.86. The molecule has 0 N–H and O–H groups in total. The Hall–Kier alpha value is 0.750. The monoisotopic (exact) mass is 784 g/mol. The number of halogens is 3. The summed E-state index contributed by atoms with van der Waals surface area (Å²) in [5.41, 5.74) is 0. The van der Waals surface area contributed by atoms with Crippen molar-refractivity contribution >= 4 is 37.2 Å². The molecule has 1 fully saturated rings. The Morgan fingerprint density at radius 1 is 0.235 bits per heavy atom. The van der Waals surface area contributed by atoms with E-state index in [4.69, 9.17) is 0 Å². The van der Waals surface area contributed by atoms with E-state index < -0.39 is 0 Å². The van der Waals surface area contributed by atoms with Gasteiger partial charge in [0.1, 0.15) is 0 Å². The molecular weight excluding hydrogens is 689 g/mol. The largest absolute Gasteiger partial charge is 0.303 e. The first-order valence-corrected chi connectivity index (χ1v) is 23.0. The Morgan fingerprint density at radius 2 is 0.392 bits per heavy atom. The lowest BCUT2D eigenvalue weighted by Gasteiger charge is -2.30. The fourth-order valence-electron chi connectivity index (χ4n) is 8.03. The molecule has 1 rings (SSSR count). The van der Waals surface area contributed by atoms with Gasteiger partial charge in [0.05, 0.1) is 0 Å². The number of hydrogen-bond acceptors (Lipinski definition) is 3. The van der Waals surface area contributed by atoms with Gasteiger partial charge in [0, 0.05) is 0 Å². The summed E-state index contributed by atoms with van der Waals surface area (Å²) in [5, 5.41) is 0. The topological polar surface area (TPSA) is 9.72 Å². The Bertz CT molecular complexity index is 518. The van der Waals surface area contributed by atoms with Crippen molar-refractivity contribution in [2.75, 3.05) is 58.9 Å². The summed E-state index contributed by atoms with van der Waals surface area (Å²) in [6.07, 6.45) is 47.5. The Balaban J connectivity index is -0.00000768. The highest BCUT2D eigenvalue weighted by Crippen LogP contribution is 2.15. The summed E-state index contributed by atoms with van der Waals surface area (Å²) in [5.74, 6) is 0. The summed E-state index contributed by atoms with van der Waals surface area (Å²) in [6, 6.07) is 0. The Labute approximate surface area is 342 Å². The van der Waals surface area contributed by atoms with E-state index in [1.165, 1.54) is 271 Å². The van der Waals surface area contributed by atoms with Gasteiger partial charge in [-0.25, -0.2) is 0 Å². The van der Waals surface area contributed by atoms with Gasteiger partial charge in [-0.1, -0.05) is 194 Å². The molecule has 6 heteroatoms. The summed E-state index contributed by atoms with van der Waals surface area (Å²) < 4.78 is 0. The van der Waals surface area contributed by atoms with Gasteiger partial charge in [-0.15, -0.1) is 37.2 Å². The highest BCUT2D eigenvalue weighted by Gasteiger charge is 2.13. The molecule has 0 bridgehead atoms. The second-order valence-corrected chi connectivity index (χ2v) is 16.1. The third-order valence-electron chi connectivity index (χ3n) is 11.3. The van der Waals surface area contributed by atoms with Crippen molar-refractivity contribution < 1.29 is 0 Å². The molecule has 1 aliphatic rings. The van der Waals surface area contributed by atoms with Gasteiger partial charge in [0.15, 0.2) is 0 Å². The number of hydrogen-bond donors (Lipinski definition) is 0. The Morgan fingerprint density at radius 3 is 0.569 bits per heavy atom. The van der Waals surface area contributed by atoms with Gasteiger partial charge in [0.25, 0.3) is 0 Å². The fraction of sp³-hybridized carbons (Fsp3) is 1.00. The zero-order valence-electron chi connectivity index (χ0n) is 35.3. The Kier molecular flexibility index (Phi) is 51.6. The summed E-state index contributed by atoms with van der Waals surface area (Å²) >= 11 is 0. The maximum absolute atomic E-state index is 2.86. The zero-order chi connectivity index (χ0) is 34.4. The predicted molar refractivity (Wildman–Crippen MR) is 240 cm³/mol. The van der Waals surface area contributed by atoms with E-state index in [0.29, 0.717) is 0 Å². The minimum absolute atomic E-state index is 0. The zero-order valence-corrected chi connectivity index (χ0v) is 37.7. The second-order valence-electron chi connectivity index (χ2n) is 16.1. The molecular formula is C45H96Cl3N3. The van der Waals surface area contributed by atoms with Gasteiger partial charge < -0.3 is 14.7 Å². The van der Waals surface area contributed by atoms with Crippen LogP contribution < -0.4 is 0 Å². The van der Waals surface area contributed by atoms with Crippen molar-refractivity contribution in [2.45, 2.75) is 233 Å². The quantitative estimate of drug-likeness (QED) is 0.0614. The van der Waals surface area contributed by atoms with Gasteiger partial charge in [-0.2, -0.15) is 0 Å². The first-order valence-electron chi connectivity index (χ1n) is 23.0. The average Bonchev–Trinajstić information content (AvgIpc) is 3.09. The van der Waals surface area contributed by atoms with Crippen LogP contribution in [0.2, 0.25) is 0 Å². The van der Waals surface area contributed by atoms with E-state index in [-0.39, 0.29) is 37.2 Å². The van der Waals surface area contributed by atoms with E-state index in [2.05, 4.69) is 35.5 Å². The first-order chi connectivity index (χ1) is 23.8. The molecule has 51 heavy (non-hydrogen) atoms. The van der Waals surface area contributed by atoms with Crippen molar-refractivity contribution in [1.29, 1.82) is 0 Å². The van der Waals surface area contributed by atoms with E-state index in [9.17, 15) is 0 Å². The van der Waals surface area contributed by atoms with Crippen LogP contribution >= 0.6 is 37.2 Å². The van der Waals surface area contributed by atoms with Gasteiger partial charge in [-0.3, -0.25) is 0 Å². The lowest BCUT2D eigenvalue weighted by atomic mass is 10.1. The van der Waals surface area contributed by atoms with E-state index >= 15 is 0 Å². The van der Waals surface area contributed by atoms with E-state index in [1.54, 1.807) is 0 Å². The molecule has 312 valence electrons. The molecule has 0 aromatic heterocycles.